The molecule has 1 aliphatic rings. The second-order valence-corrected chi connectivity index (χ2v) is 5.06. The molecule has 2 aromatic heterocycles. The maximum Gasteiger partial charge on any atom is 0.193 e. The van der Waals surface area contributed by atoms with Crippen molar-refractivity contribution in [3.05, 3.63) is 52.3 Å². The van der Waals surface area contributed by atoms with E-state index in [0.29, 0.717) is 0 Å². The molecule has 0 amide bonds. The first-order valence-corrected chi connectivity index (χ1v) is 6.66. The number of aromatic amines is 1. The molecule has 0 radical (unpaired) electrons. The van der Waals surface area contributed by atoms with Crippen molar-refractivity contribution >= 4 is 10.9 Å². The van der Waals surface area contributed by atoms with Crippen LogP contribution in [0.2, 0.25) is 0 Å². The lowest BCUT2D eigenvalue weighted by Gasteiger charge is -2.19. The normalized spacial score (nSPS) is 13.1. The second kappa shape index (κ2) is 4.00. The Morgan fingerprint density at radius 1 is 1.30 bits per heavy atom. The summed E-state index contributed by atoms with van der Waals surface area (Å²) in [6.07, 6.45) is 2.82. The van der Waals surface area contributed by atoms with Crippen LogP contribution in [0.25, 0.3) is 22.3 Å². The van der Waals surface area contributed by atoms with Crippen LogP contribution in [0.1, 0.15) is 5.56 Å². The summed E-state index contributed by atoms with van der Waals surface area (Å²) in [5, 5.41) is 0.726. The number of rotatable bonds is 1. The number of nitrogens with one attached hydrogen (secondary N) is 1. The molecular weight excluding hydrogens is 252 g/mol. The van der Waals surface area contributed by atoms with Gasteiger partial charge in [-0.15, -0.1) is 0 Å². The summed E-state index contributed by atoms with van der Waals surface area (Å²) < 4.78 is 7.40. The van der Waals surface area contributed by atoms with Crippen LogP contribution in [0, 0.1) is 0 Å². The lowest BCUT2D eigenvalue weighted by Crippen LogP contribution is -2.20. The van der Waals surface area contributed by atoms with E-state index in [0.717, 1.165) is 46.6 Å². The standard InChI is InChI=1S/C16H14N2O2/c1-20-10-4-5-11-13(9-10)17-15-12(16(11)19)6-8-18-7-2-3-14(15)18/h2-5,7,9H,6,8H2,1H3,(H,17,19). The van der Waals surface area contributed by atoms with E-state index < -0.39 is 0 Å². The van der Waals surface area contributed by atoms with Gasteiger partial charge in [0.15, 0.2) is 5.43 Å². The average Bonchev–Trinajstić information content (AvgIpc) is 2.95. The Balaban J connectivity index is 2.09. The molecule has 1 aliphatic heterocycles. The van der Waals surface area contributed by atoms with Crippen LogP contribution in [0.15, 0.2) is 41.3 Å². The number of H-pyrrole nitrogens is 1. The fraction of sp³-hybridized carbons (Fsp3) is 0.188. The minimum Gasteiger partial charge on any atom is -0.497 e. The quantitative estimate of drug-likeness (QED) is 0.735. The predicted octanol–water partition coefficient (Wildman–Crippen LogP) is 2.56. The van der Waals surface area contributed by atoms with Gasteiger partial charge in [-0.25, -0.2) is 0 Å². The SMILES string of the molecule is COc1ccc2c(=O)c3c([nH]c2c1)-c1cccn1CC3. The number of hydrogen-bond acceptors (Lipinski definition) is 2. The highest BCUT2D eigenvalue weighted by Gasteiger charge is 2.20. The molecule has 20 heavy (non-hydrogen) atoms. The van der Waals surface area contributed by atoms with E-state index in [1.807, 2.05) is 36.5 Å². The predicted molar refractivity (Wildman–Crippen MR) is 78.3 cm³/mol. The fourth-order valence-electron chi connectivity index (χ4n) is 2.96. The van der Waals surface area contributed by atoms with Crippen LogP contribution < -0.4 is 10.2 Å². The lowest BCUT2D eigenvalue weighted by molar-refractivity contribution is 0.415. The largest absolute Gasteiger partial charge is 0.497 e. The van der Waals surface area contributed by atoms with Crippen molar-refractivity contribution in [3.8, 4) is 17.1 Å². The molecule has 1 aromatic carbocycles. The van der Waals surface area contributed by atoms with E-state index in [1.54, 1.807) is 7.11 Å². The average molecular weight is 266 g/mol. The number of methoxy groups -OCH3 is 1. The van der Waals surface area contributed by atoms with Gasteiger partial charge in [0.05, 0.1) is 24.0 Å². The highest BCUT2D eigenvalue weighted by Crippen LogP contribution is 2.28. The summed E-state index contributed by atoms with van der Waals surface area (Å²) in [6, 6.07) is 9.59. The third-order valence-electron chi connectivity index (χ3n) is 4.00. The van der Waals surface area contributed by atoms with Gasteiger partial charge in [-0.1, -0.05) is 0 Å². The molecule has 0 bridgehead atoms. The van der Waals surface area contributed by atoms with Crippen molar-refractivity contribution in [2.75, 3.05) is 7.11 Å². The molecule has 0 atom stereocenters. The first kappa shape index (κ1) is 11.3. The molecule has 4 heteroatoms. The molecular formula is C16H14N2O2. The van der Waals surface area contributed by atoms with Gasteiger partial charge in [-0.2, -0.15) is 0 Å². The zero-order valence-corrected chi connectivity index (χ0v) is 11.1. The Kier molecular flexibility index (Phi) is 2.27. The van der Waals surface area contributed by atoms with Gasteiger partial charge in [-0.05, 0) is 30.7 Å². The van der Waals surface area contributed by atoms with Crippen molar-refractivity contribution < 1.29 is 4.74 Å². The van der Waals surface area contributed by atoms with Crippen molar-refractivity contribution in [2.24, 2.45) is 0 Å². The van der Waals surface area contributed by atoms with Gasteiger partial charge in [0, 0.05) is 29.8 Å². The minimum absolute atomic E-state index is 0.129. The van der Waals surface area contributed by atoms with E-state index in [9.17, 15) is 4.79 Å². The molecule has 0 aliphatic carbocycles. The Bertz CT molecular complexity index is 874. The van der Waals surface area contributed by atoms with Crippen LogP contribution in [0.5, 0.6) is 5.75 Å². The third-order valence-corrected chi connectivity index (χ3v) is 4.00. The number of ether oxygens (including phenoxy) is 1. The molecule has 0 spiro atoms. The molecule has 0 fully saturated rings. The maximum atomic E-state index is 12.6. The van der Waals surface area contributed by atoms with Gasteiger partial charge < -0.3 is 14.3 Å². The molecule has 0 unspecified atom stereocenters. The van der Waals surface area contributed by atoms with Crippen LogP contribution in [-0.2, 0) is 13.0 Å². The first-order valence-electron chi connectivity index (χ1n) is 6.66. The molecule has 4 rings (SSSR count). The zero-order valence-electron chi connectivity index (χ0n) is 11.1. The monoisotopic (exact) mass is 266 g/mol. The van der Waals surface area contributed by atoms with Gasteiger partial charge >= 0.3 is 0 Å². The summed E-state index contributed by atoms with van der Waals surface area (Å²) in [5.74, 6) is 0.749. The number of benzene rings is 1. The number of nitrogens with zero attached hydrogens (tertiary/aromatic N) is 1. The summed E-state index contributed by atoms with van der Waals surface area (Å²) in [6.45, 7) is 0.861. The van der Waals surface area contributed by atoms with E-state index in [2.05, 4.69) is 9.55 Å². The highest BCUT2D eigenvalue weighted by molar-refractivity contribution is 5.84. The number of aryl methyl sites for hydroxylation is 1. The Morgan fingerprint density at radius 2 is 2.20 bits per heavy atom. The molecule has 3 aromatic rings. The van der Waals surface area contributed by atoms with E-state index in [1.165, 1.54) is 0 Å². The summed E-state index contributed by atoms with van der Waals surface area (Å²) in [4.78, 5) is 16.0. The maximum absolute atomic E-state index is 12.6. The number of hydrogen-bond donors (Lipinski definition) is 1. The van der Waals surface area contributed by atoms with Gasteiger partial charge in [0.25, 0.3) is 0 Å². The smallest absolute Gasteiger partial charge is 0.193 e. The van der Waals surface area contributed by atoms with Crippen molar-refractivity contribution in [3.63, 3.8) is 0 Å². The van der Waals surface area contributed by atoms with Gasteiger partial charge in [0.1, 0.15) is 5.75 Å². The number of fused-ring (bicyclic) bond motifs is 4. The number of aromatic nitrogens is 2. The molecule has 0 saturated carbocycles. The van der Waals surface area contributed by atoms with Crippen LogP contribution in [0.3, 0.4) is 0 Å². The molecule has 4 nitrogen and oxygen atoms in total. The van der Waals surface area contributed by atoms with Crippen molar-refractivity contribution in [1.82, 2.24) is 9.55 Å². The zero-order chi connectivity index (χ0) is 13.7. The van der Waals surface area contributed by atoms with Crippen molar-refractivity contribution in [2.45, 2.75) is 13.0 Å². The van der Waals surface area contributed by atoms with Crippen LogP contribution in [0.4, 0.5) is 0 Å². The number of pyridine rings is 1. The summed E-state index contributed by atoms with van der Waals surface area (Å²) in [5.41, 5.74) is 3.85. The summed E-state index contributed by atoms with van der Waals surface area (Å²) in [7, 11) is 1.63. The Labute approximate surface area is 115 Å². The second-order valence-electron chi connectivity index (χ2n) is 5.06. The van der Waals surface area contributed by atoms with Crippen LogP contribution in [-0.4, -0.2) is 16.7 Å². The highest BCUT2D eigenvalue weighted by atomic mass is 16.5. The third kappa shape index (κ3) is 1.45. The van der Waals surface area contributed by atoms with E-state index in [-0.39, 0.29) is 5.43 Å². The van der Waals surface area contributed by atoms with E-state index >= 15 is 0 Å². The van der Waals surface area contributed by atoms with Gasteiger partial charge in [-0.3, -0.25) is 4.79 Å². The molecule has 100 valence electrons. The van der Waals surface area contributed by atoms with E-state index in [4.69, 9.17) is 4.74 Å². The fourth-order valence-corrected chi connectivity index (χ4v) is 2.96. The lowest BCUT2D eigenvalue weighted by atomic mass is 10.0. The Hall–Kier alpha value is -2.49. The van der Waals surface area contributed by atoms with Crippen LogP contribution >= 0.6 is 0 Å². The first-order chi connectivity index (χ1) is 9.78. The topological polar surface area (TPSA) is 47.0 Å². The summed E-state index contributed by atoms with van der Waals surface area (Å²) >= 11 is 0. The molecule has 3 heterocycles. The molecule has 1 N–H and O–H groups in total. The van der Waals surface area contributed by atoms with Gasteiger partial charge in [0.2, 0.25) is 0 Å². The minimum atomic E-state index is 0.129. The van der Waals surface area contributed by atoms with Crippen molar-refractivity contribution in [1.29, 1.82) is 0 Å². The molecule has 0 saturated heterocycles. The Morgan fingerprint density at radius 3 is 3.05 bits per heavy atom.